The predicted octanol–water partition coefficient (Wildman–Crippen LogP) is 3.39. The minimum atomic E-state index is -3.53. The molecule has 3 aromatic rings. The molecule has 0 unspecified atom stereocenters. The van der Waals surface area contributed by atoms with E-state index < -0.39 is 10.0 Å². The Kier molecular flexibility index (Phi) is 5.30. The molecule has 3 heterocycles. The molecule has 1 fully saturated rings. The summed E-state index contributed by atoms with van der Waals surface area (Å²) in [4.78, 5) is 19.4. The van der Waals surface area contributed by atoms with Gasteiger partial charge >= 0.3 is 0 Å². The van der Waals surface area contributed by atoms with Crippen molar-refractivity contribution in [3.8, 4) is 5.69 Å². The Morgan fingerprint density at radius 1 is 0.969 bits per heavy atom. The molecule has 1 aromatic heterocycles. The highest BCUT2D eigenvalue weighted by Gasteiger charge is 2.31. The van der Waals surface area contributed by atoms with Gasteiger partial charge in [-0.05, 0) is 67.3 Å². The fourth-order valence-corrected chi connectivity index (χ4v) is 5.97. The van der Waals surface area contributed by atoms with Crippen molar-refractivity contribution in [1.82, 2.24) is 13.9 Å². The van der Waals surface area contributed by atoms with Gasteiger partial charge in [-0.25, -0.2) is 17.8 Å². The predicted molar refractivity (Wildman–Crippen MR) is 118 cm³/mol. The Balaban J connectivity index is 1.43. The summed E-state index contributed by atoms with van der Waals surface area (Å²) in [5.41, 5.74) is 2.54. The van der Waals surface area contributed by atoms with Crippen LogP contribution < -0.4 is 4.90 Å². The Bertz CT molecular complexity index is 1260. The lowest BCUT2D eigenvalue weighted by Gasteiger charge is -2.26. The normalized spacial score (nSPS) is 16.8. The average Bonchev–Trinajstić information content (AvgIpc) is 3.47. The van der Waals surface area contributed by atoms with Crippen molar-refractivity contribution in [2.75, 3.05) is 24.5 Å². The highest BCUT2D eigenvalue weighted by Crippen LogP contribution is 2.33. The highest BCUT2D eigenvalue weighted by molar-refractivity contribution is 7.89. The van der Waals surface area contributed by atoms with Gasteiger partial charge in [-0.15, -0.1) is 0 Å². The van der Waals surface area contributed by atoms with Crippen LogP contribution in [0.1, 0.15) is 35.3 Å². The lowest BCUT2D eigenvalue weighted by molar-refractivity contribution is 0.0983. The molecule has 166 valence electrons. The smallest absolute Gasteiger partial charge is 0.276 e. The number of fused-ring (bicyclic) bond motifs is 1. The van der Waals surface area contributed by atoms with Gasteiger partial charge in [0.2, 0.25) is 10.0 Å². The van der Waals surface area contributed by atoms with Crippen molar-refractivity contribution in [3.05, 3.63) is 72.1 Å². The third kappa shape index (κ3) is 3.61. The molecule has 1 amide bonds. The molecule has 0 bridgehead atoms. The van der Waals surface area contributed by atoms with E-state index in [1.165, 1.54) is 24.7 Å². The number of nitrogens with zero attached hydrogens (tertiary/aromatic N) is 4. The molecule has 5 rings (SSSR count). The van der Waals surface area contributed by atoms with E-state index in [0.29, 0.717) is 43.1 Å². The van der Waals surface area contributed by atoms with E-state index in [0.717, 1.165) is 24.8 Å². The van der Waals surface area contributed by atoms with Crippen molar-refractivity contribution < 1.29 is 17.6 Å². The van der Waals surface area contributed by atoms with Crippen molar-refractivity contribution >= 4 is 21.6 Å². The minimum Gasteiger partial charge on any atom is -0.306 e. The van der Waals surface area contributed by atoms with Gasteiger partial charge in [0, 0.05) is 31.0 Å². The van der Waals surface area contributed by atoms with Crippen LogP contribution in [-0.4, -0.2) is 47.8 Å². The van der Waals surface area contributed by atoms with Crippen LogP contribution in [0.15, 0.2) is 59.9 Å². The van der Waals surface area contributed by atoms with Crippen LogP contribution in [-0.2, 0) is 16.4 Å². The molecular formula is C23H23FN4O3S. The van der Waals surface area contributed by atoms with E-state index >= 15 is 0 Å². The van der Waals surface area contributed by atoms with Crippen molar-refractivity contribution in [1.29, 1.82) is 0 Å². The fourth-order valence-electron chi connectivity index (χ4n) is 4.40. The number of halogens is 1. The lowest BCUT2D eigenvalue weighted by atomic mass is 10.2. The van der Waals surface area contributed by atoms with Gasteiger partial charge < -0.3 is 4.90 Å². The zero-order chi connectivity index (χ0) is 22.3. The van der Waals surface area contributed by atoms with Gasteiger partial charge in [-0.1, -0.05) is 6.42 Å². The van der Waals surface area contributed by atoms with Crippen molar-refractivity contribution in [2.45, 2.75) is 30.6 Å². The Morgan fingerprint density at radius 2 is 1.72 bits per heavy atom. The van der Waals surface area contributed by atoms with Crippen LogP contribution in [0.4, 0.5) is 10.1 Å². The maximum absolute atomic E-state index is 13.3. The summed E-state index contributed by atoms with van der Waals surface area (Å²) in [6.07, 6.45) is 6.41. The zero-order valence-corrected chi connectivity index (χ0v) is 18.3. The first-order valence-electron chi connectivity index (χ1n) is 10.7. The molecule has 32 heavy (non-hydrogen) atoms. The van der Waals surface area contributed by atoms with Gasteiger partial charge in [0.15, 0.2) is 0 Å². The van der Waals surface area contributed by atoms with E-state index in [9.17, 15) is 17.6 Å². The van der Waals surface area contributed by atoms with Crippen LogP contribution in [0, 0.1) is 5.82 Å². The van der Waals surface area contributed by atoms with Crippen LogP contribution >= 0.6 is 0 Å². The van der Waals surface area contributed by atoms with Crippen LogP contribution in [0.2, 0.25) is 0 Å². The number of hydrogen-bond acceptors (Lipinski definition) is 4. The van der Waals surface area contributed by atoms with Crippen LogP contribution in [0.5, 0.6) is 0 Å². The second-order valence-corrected chi connectivity index (χ2v) is 10.0. The van der Waals surface area contributed by atoms with E-state index in [-0.39, 0.29) is 16.6 Å². The number of anilines is 1. The maximum Gasteiger partial charge on any atom is 0.276 e. The Morgan fingerprint density at radius 3 is 2.47 bits per heavy atom. The number of sulfonamides is 1. The number of hydrogen-bond donors (Lipinski definition) is 0. The van der Waals surface area contributed by atoms with Crippen LogP contribution in [0.25, 0.3) is 5.69 Å². The molecule has 0 radical (unpaired) electrons. The quantitative estimate of drug-likeness (QED) is 0.606. The summed E-state index contributed by atoms with van der Waals surface area (Å²) in [6, 6.07) is 10.8. The standard InChI is InChI=1S/C23H23FN4O3S/c24-18-4-6-19(7-5-18)28-16-25-15-22(28)23(29)27-13-10-17-14-20(8-9-21(17)27)32(30,31)26-11-2-1-3-12-26/h4-9,14-16H,1-3,10-13H2. The Labute approximate surface area is 186 Å². The number of rotatable bonds is 4. The zero-order valence-electron chi connectivity index (χ0n) is 17.4. The first kappa shape index (κ1) is 20.8. The minimum absolute atomic E-state index is 0.239. The maximum atomic E-state index is 13.3. The molecule has 2 aliphatic heterocycles. The summed E-state index contributed by atoms with van der Waals surface area (Å²) in [7, 11) is -3.53. The summed E-state index contributed by atoms with van der Waals surface area (Å²) in [6.45, 7) is 1.56. The lowest BCUT2D eigenvalue weighted by Crippen LogP contribution is -2.35. The van der Waals surface area contributed by atoms with Gasteiger partial charge in [0.05, 0.1) is 17.4 Å². The van der Waals surface area contributed by atoms with Gasteiger partial charge in [0.25, 0.3) is 5.91 Å². The molecule has 2 aliphatic rings. The molecule has 1 saturated heterocycles. The van der Waals surface area contributed by atoms with Gasteiger partial charge in [0.1, 0.15) is 11.5 Å². The number of carbonyl (C=O) groups excluding carboxylic acids is 1. The number of imidazole rings is 1. The number of amides is 1. The third-order valence-corrected chi connectivity index (χ3v) is 8.00. The molecule has 7 nitrogen and oxygen atoms in total. The first-order valence-corrected chi connectivity index (χ1v) is 12.1. The molecule has 0 spiro atoms. The highest BCUT2D eigenvalue weighted by atomic mass is 32.2. The van der Waals surface area contributed by atoms with Crippen molar-refractivity contribution in [2.24, 2.45) is 0 Å². The summed E-state index contributed by atoms with van der Waals surface area (Å²) in [5, 5.41) is 0. The van der Waals surface area contributed by atoms with E-state index in [2.05, 4.69) is 4.98 Å². The molecular weight excluding hydrogens is 431 g/mol. The fraction of sp³-hybridized carbons (Fsp3) is 0.304. The summed E-state index contributed by atoms with van der Waals surface area (Å²) < 4.78 is 42.5. The number of carbonyl (C=O) groups is 1. The first-order chi connectivity index (χ1) is 15.4. The average molecular weight is 455 g/mol. The number of benzene rings is 2. The number of aromatic nitrogens is 2. The van der Waals surface area contributed by atoms with E-state index in [1.54, 1.807) is 44.1 Å². The summed E-state index contributed by atoms with van der Waals surface area (Å²) >= 11 is 0. The molecule has 0 atom stereocenters. The summed E-state index contributed by atoms with van der Waals surface area (Å²) in [5.74, 6) is -0.595. The van der Waals surface area contributed by atoms with Crippen molar-refractivity contribution in [3.63, 3.8) is 0 Å². The third-order valence-electron chi connectivity index (χ3n) is 6.11. The molecule has 0 saturated carbocycles. The molecule has 9 heteroatoms. The topological polar surface area (TPSA) is 75.5 Å². The van der Waals surface area contributed by atoms with Gasteiger partial charge in [-0.2, -0.15) is 4.31 Å². The SMILES string of the molecule is O=C(c1cncn1-c1ccc(F)cc1)N1CCc2cc(S(=O)(=O)N3CCCCC3)ccc21. The molecule has 0 N–H and O–H groups in total. The van der Waals surface area contributed by atoms with Gasteiger partial charge in [-0.3, -0.25) is 9.36 Å². The monoisotopic (exact) mass is 454 g/mol. The Hall–Kier alpha value is -3.04. The second-order valence-electron chi connectivity index (χ2n) is 8.09. The second kappa shape index (κ2) is 8.14. The number of piperidine rings is 1. The molecule has 2 aromatic carbocycles. The van der Waals surface area contributed by atoms with E-state index in [1.807, 2.05) is 0 Å². The molecule has 0 aliphatic carbocycles. The van der Waals surface area contributed by atoms with Crippen LogP contribution in [0.3, 0.4) is 0 Å². The van der Waals surface area contributed by atoms with E-state index in [4.69, 9.17) is 0 Å². The largest absolute Gasteiger partial charge is 0.306 e.